The van der Waals surface area contributed by atoms with Gasteiger partial charge >= 0.3 is 6.18 Å². The summed E-state index contributed by atoms with van der Waals surface area (Å²) in [6.45, 7) is 0. The first-order valence-electron chi connectivity index (χ1n) is 5.88. The first-order chi connectivity index (χ1) is 9.95. The van der Waals surface area contributed by atoms with E-state index in [1.54, 1.807) is 18.3 Å². The van der Waals surface area contributed by atoms with Crippen LogP contribution in [0.2, 0.25) is 5.02 Å². The number of pyridine rings is 1. The Hall–Kier alpha value is -2.28. The lowest BCUT2D eigenvalue weighted by molar-refractivity contribution is -0.137. The van der Waals surface area contributed by atoms with E-state index in [1.807, 2.05) is 0 Å². The van der Waals surface area contributed by atoms with Crippen LogP contribution in [0, 0.1) is 0 Å². The van der Waals surface area contributed by atoms with Crippen molar-refractivity contribution >= 4 is 34.1 Å². The Kier molecular flexibility index (Phi) is 3.21. The first kappa shape index (κ1) is 13.7. The summed E-state index contributed by atoms with van der Waals surface area (Å²) in [5.74, 6) is 0.418. The van der Waals surface area contributed by atoms with Gasteiger partial charge in [0.25, 0.3) is 0 Å². The normalized spacial score (nSPS) is 11.8. The van der Waals surface area contributed by atoms with Gasteiger partial charge in [0.1, 0.15) is 5.52 Å². The lowest BCUT2D eigenvalue weighted by Gasteiger charge is -2.10. The molecule has 0 saturated heterocycles. The quantitative estimate of drug-likeness (QED) is 0.738. The fraction of sp³-hybridized carbons (Fsp3) is 0.0769. The molecule has 2 aromatic heterocycles. The van der Waals surface area contributed by atoms with Crippen LogP contribution in [0.15, 0.2) is 36.5 Å². The molecule has 4 nitrogen and oxygen atoms in total. The number of fused-ring (bicyclic) bond motifs is 1. The van der Waals surface area contributed by atoms with E-state index in [2.05, 4.69) is 20.5 Å². The molecule has 1 aromatic carbocycles. The van der Waals surface area contributed by atoms with Crippen LogP contribution in [0.25, 0.3) is 11.0 Å². The predicted octanol–water partition coefficient (Wildman–Crippen LogP) is 4.37. The summed E-state index contributed by atoms with van der Waals surface area (Å²) in [4.78, 5) is 4.15. The highest BCUT2D eigenvalue weighted by molar-refractivity contribution is 6.31. The SMILES string of the molecule is FC(F)(F)c1ccc(Nc2n[nH]c3cccnc23)cc1Cl. The summed E-state index contributed by atoms with van der Waals surface area (Å²) in [5.41, 5.74) is 0.832. The molecule has 0 aliphatic carbocycles. The van der Waals surface area contributed by atoms with Crippen LogP contribution in [0.4, 0.5) is 24.7 Å². The number of anilines is 2. The molecule has 0 unspecified atom stereocenters. The van der Waals surface area contributed by atoms with Gasteiger partial charge in [0, 0.05) is 11.9 Å². The van der Waals surface area contributed by atoms with Crippen molar-refractivity contribution in [3.05, 3.63) is 47.1 Å². The summed E-state index contributed by atoms with van der Waals surface area (Å²) >= 11 is 5.67. The minimum atomic E-state index is -4.48. The molecule has 3 aromatic rings. The Balaban J connectivity index is 1.94. The van der Waals surface area contributed by atoms with Crippen LogP contribution >= 0.6 is 11.6 Å². The van der Waals surface area contributed by atoms with Crippen LogP contribution in [0.3, 0.4) is 0 Å². The zero-order valence-corrected chi connectivity index (χ0v) is 11.1. The third-order valence-corrected chi connectivity index (χ3v) is 3.17. The predicted molar refractivity (Wildman–Crippen MR) is 73.6 cm³/mol. The number of alkyl halides is 3. The van der Waals surface area contributed by atoms with E-state index >= 15 is 0 Å². The lowest BCUT2D eigenvalue weighted by atomic mass is 10.2. The highest BCUT2D eigenvalue weighted by Gasteiger charge is 2.33. The van der Waals surface area contributed by atoms with Crippen molar-refractivity contribution < 1.29 is 13.2 Å². The Bertz CT molecular complexity index is 797. The molecule has 3 rings (SSSR count). The molecule has 108 valence electrons. The zero-order chi connectivity index (χ0) is 15.0. The second kappa shape index (κ2) is 4.92. The summed E-state index contributed by atoms with van der Waals surface area (Å²) < 4.78 is 37.9. The van der Waals surface area contributed by atoms with Gasteiger partial charge < -0.3 is 5.32 Å². The molecule has 21 heavy (non-hydrogen) atoms. The molecule has 0 aliphatic rings. The molecule has 2 heterocycles. The highest BCUT2D eigenvalue weighted by Crippen LogP contribution is 2.36. The number of halogens is 4. The van der Waals surface area contributed by atoms with E-state index in [1.165, 1.54) is 12.1 Å². The standard InChI is InChI=1S/C13H8ClF3N4/c14-9-6-7(3-4-8(9)13(15,16)17)19-12-11-10(20-21-12)2-1-5-18-11/h1-6H,(H2,19,20,21). The fourth-order valence-electron chi connectivity index (χ4n) is 1.90. The summed E-state index contributed by atoms with van der Waals surface area (Å²) in [7, 11) is 0. The smallest absolute Gasteiger partial charge is 0.337 e. The second-order valence-electron chi connectivity index (χ2n) is 4.29. The molecule has 0 amide bonds. The monoisotopic (exact) mass is 312 g/mol. The van der Waals surface area contributed by atoms with Gasteiger partial charge in [0.15, 0.2) is 5.82 Å². The number of benzene rings is 1. The van der Waals surface area contributed by atoms with E-state index in [-0.39, 0.29) is 5.02 Å². The molecule has 0 saturated carbocycles. The van der Waals surface area contributed by atoms with Gasteiger partial charge in [-0.2, -0.15) is 18.3 Å². The molecular weight excluding hydrogens is 305 g/mol. The molecule has 0 spiro atoms. The van der Waals surface area contributed by atoms with Crippen LogP contribution in [0.1, 0.15) is 5.56 Å². The molecule has 0 radical (unpaired) electrons. The van der Waals surface area contributed by atoms with Crippen LogP contribution in [-0.2, 0) is 6.18 Å². The van der Waals surface area contributed by atoms with Crippen molar-refractivity contribution in [2.24, 2.45) is 0 Å². The van der Waals surface area contributed by atoms with Crippen LogP contribution in [-0.4, -0.2) is 15.2 Å². The van der Waals surface area contributed by atoms with E-state index < -0.39 is 11.7 Å². The van der Waals surface area contributed by atoms with Gasteiger partial charge in [0.05, 0.1) is 16.1 Å². The van der Waals surface area contributed by atoms with Gasteiger partial charge in [-0.15, -0.1) is 0 Å². The van der Waals surface area contributed by atoms with Crippen molar-refractivity contribution in [2.45, 2.75) is 6.18 Å². The molecule has 0 aliphatic heterocycles. The minimum Gasteiger partial charge on any atom is -0.337 e. The average molecular weight is 313 g/mol. The average Bonchev–Trinajstić information content (AvgIpc) is 2.81. The summed E-state index contributed by atoms with van der Waals surface area (Å²) in [5, 5.41) is 9.31. The first-order valence-corrected chi connectivity index (χ1v) is 6.26. The Morgan fingerprint density at radius 2 is 2.00 bits per heavy atom. The minimum absolute atomic E-state index is 0.375. The fourth-order valence-corrected chi connectivity index (χ4v) is 2.19. The maximum Gasteiger partial charge on any atom is 0.417 e. The number of aromatic nitrogens is 3. The van der Waals surface area contributed by atoms with Crippen molar-refractivity contribution in [1.82, 2.24) is 15.2 Å². The second-order valence-corrected chi connectivity index (χ2v) is 4.70. The molecule has 8 heteroatoms. The molecule has 0 fully saturated rings. The number of hydrogen-bond acceptors (Lipinski definition) is 3. The maximum absolute atomic E-state index is 12.6. The topological polar surface area (TPSA) is 53.6 Å². The highest BCUT2D eigenvalue weighted by atomic mass is 35.5. The number of nitrogens with one attached hydrogen (secondary N) is 2. The van der Waals surface area contributed by atoms with Gasteiger partial charge in [-0.25, -0.2) is 0 Å². The number of nitrogens with zero attached hydrogens (tertiary/aromatic N) is 2. The van der Waals surface area contributed by atoms with E-state index in [0.717, 1.165) is 11.6 Å². The Morgan fingerprint density at radius 3 is 2.71 bits per heavy atom. The van der Waals surface area contributed by atoms with Gasteiger partial charge in [-0.3, -0.25) is 10.1 Å². The zero-order valence-electron chi connectivity index (χ0n) is 10.4. The molecule has 0 atom stereocenters. The van der Waals surface area contributed by atoms with E-state index in [9.17, 15) is 13.2 Å². The number of H-pyrrole nitrogens is 1. The third kappa shape index (κ3) is 2.64. The van der Waals surface area contributed by atoms with Crippen molar-refractivity contribution in [3.63, 3.8) is 0 Å². The van der Waals surface area contributed by atoms with Gasteiger partial charge in [0.2, 0.25) is 0 Å². The Labute approximate surface area is 122 Å². The van der Waals surface area contributed by atoms with Crippen LogP contribution < -0.4 is 5.32 Å². The number of hydrogen-bond donors (Lipinski definition) is 2. The van der Waals surface area contributed by atoms with E-state index in [0.29, 0.717) is 17.0 Å². The maximum atomic E-state index is 12.6. The van der Waals surface area contributed by atoms with E-state index in [4.69, 9.17) is 11.6 Å². The third-order valence-electron chi connectivity index (χ3n) is 2.86. The van der Waals surface area contributed by atoms with Crippen molar-refractivity contribution in [2.75, 3.05) is 5.32 Å². The van der Waals surface area contributed by atoms with Crippen LogP contribution in [0.5, 0.6) is 0 Å². The lowest BCUT2D eigenvalue weighted by Crippen LogP contribution is -2.06. The van der Waals surface area contributed by atoms with Gasteiger partial charge in [-0.05, 0) is 30.3 Å². The molecular formula is C13H8ClF3N4. The number of rotatable bonds is 2. The Morgan fingerprint density at radius 1 is 1.19 bits per heavy atom. The van der Waals surface area contributed by atoms with Gasteiger partial charge in [-0.1, -0.05) is 11.6 Å². The summed E-state index contributed by atoms with van der Waals surface area (Å²) in [6.07, 6.45) is -2.88. The number of aromatic amines is 1. The largest absolute Gasteiger partial charge is 0.417 e. The van der Waals surface area contributed by atoms with Crippen molar-refractivity contribution in [3.8, 4) is 0 Å². The summed E-state index contributed by atoms with van der Waals surface area (Å²) in [6, 6.07) is 6.96. The molecule has 2 N–H and O–H groups in total. The molecule has 0 bridgehead atoms. The van der Waals surface area contributed by atoms with Crippen molar-refractivity contribution in [1.29, 1.82) is 0 Å².